The van der Waals surface area contributed by atoms with Gasteiger partial charge in [0.25, 0.3) is 0 Å². The molecule has 0 bridgehead atoms. The Kier molecular flexibility index (Phi) is 6.95. The average molecular weight is 384 g/mol. The summed E-state index contributed by atoms with van der Waals surface area (Å²) in [5.41, 5.74) is 2.57. The predicted molar refractivity (Wildman–Crippen MR) is 114 cm³/mol. The molecule has 1 aliphatic heterocycles. The molecule has 1 N–H and O–H groups in total. The molecule has 1 aliphatic rings. The van der Waals surface area contributed by atoms with Crippen molar-refractivity contribution in [2.75, 3.05) is 33.3 Å². The topological polar surface area (TPSA) is 54.7 Å². The van der Waals surface area contributed by atoms with E-state index in [-0.39, 0.29) is 0 Å². The number of rotatable bonds is 7. The second-order valence-electron chi connectivity index (χ2n) is 7.84. The van der Waals surface area contributed by atoms with Crippen molar-refractivity contribution < 1.29 is 4.74 Å². The molecule has 152 valence electrons. The molecular formula is C22H33N5O. The van der Waals surface area contributed by atoms with E-state index in [1.54, 1.807) is 0 Å². The fraction of sp³-hybridized carbons (Fsp3) is 0.545. The van der Waals surface area contributed by atoms with Crippen molar-refractivity contribution >= 4 is 5.96 Å². The van der Waals surface area contributed by atoms with E-state index in [4.69, 9.17) is 4.74 Å². The molecule has 1 aromatic carbocycles. The molecule has 1 fully saturated rings. The molecule has 2 aromatic rings. The van der Waals surface area contributed by atoms with Crippen LogP contribution in [0.15, 0.2) is 41.7 Å². The highest BCUT2D eigenvalue weighted by Gasteiger charge is 2.25. The zero-order valence-corrected chi connectivity index (χ0v) is 17.6. The third kappa shape index (κ3) is 5.27. The van der Waals surface area contributed by atoms with E-state index in [2.05, 4.69) is 52.5 Å². The van der Waals surface area contributed by atoms with Gasteiger partial charge in [-0.05, 0) is 41.9 Å². The Morgan fingerprint density at radius 3 is 2.89 bits per heavy atom. The van der Waals surface area contributed by atoms with Crippen LogP contribution in [0.4, 0.5) is 0 Å². The van der Waals surface area contributed by atoms with Gasteiger partial charge in [-0.3, -0.25) is 9.67 Å². The lowest BCUT2D eigenvalue weighted by Crippen LogP contribution is -2.41. The lowest BCUT2D eigenvalue weighted by Gasteiger charge is -2.22. The van der Waals surface area contributed by atoms with Gasteiger partial charge < -0.3 is 15.0 Å². The van der Waals surface area contributed by atoms with E-state index >= 15 is 0 Å². The van der Waals surface area contributed by atoms with Crippen LogP contribution in [0.5, 0.6) is 5.75 Å². The maximum absolute atomic E-state index is 6.01. The summed E-state index contributed by atoms with van der Waals surface area (Å²) in [7, 11) is 3.82. The zero-order valence-electron chi connectivity index (χ0n) is 17.6. The Morgan fingerprint density at radius 2 is 2.18 bits per heavy atom. The Bertz CT molecular complexity index is 783. The second kappa shape index (κ2) is 9.62. The van der Waals surface area contributed by atoms with Gasteiger partial charge in [0.1, 0.15) is 12.4 Å². The van der Waals surface area contributed by atoms with E-state index in [1.165, 1.54) is 17.5 Å². The molecule has 1 saturated heterocycles. The summed E-state index contributed by atoms with van der Waals surface area (Å²) in [5.74, 6) is 3.05. The van der Waals surface area contributed by atoms with Gasteiger partial charge in [-0.2, -0.15) is 5.10 Å². The van der Waals surface area contributed by atoms with Crippen LogP contribution in [0.2, 0.25) is 0 Å². The standard InChI is InChI=1S/C22H33N5O/c1-17(2)20-7-5-6-8-21(20)28-12-10-24-22(23-3)27-11-9-18(16-27)13-19-14-25-26(4)15-19/h5-8,14-15,17-18H,9-13,16H2,1-4H3,(H,23,24). The highest BCUT2D eigenvalue weighted by Crippen LogP contribution is 2.25. The summed E-state index contributed by atoms with van der Waals surface area (Å²) in [5, 5.41) is 7.73. The van der Waals surface area contributed by atoms with Crippen molar-refractivity contribution in [2.45, 2.75) is 32.6 Å². The largest absolute Gasteiger partial charge is 0.491 e. The minimum absolute atomic E-state index is 0.457. The summed E-state index contributed by atoms with van der Waals surface area (Å²) in [4.78, 5) is 6.82. The van der Waals surface area contributed by atoms with Gasteiger partial charge in [0.05, 0.1) is 12.7 Å². The normalized spacial score (nSPS) is 17.4. The van der Waals surface area contributed by atoms with Gasteiger partial charge in [-0.1, -0.05) is 32.0 Å². The van der Waals surface area contributed by atoms with Crippen LogP contribution < -0.4 is 10.1 Å². The number of nitrogens with one attached hydrogen (secondary N) is 1. The number of hydrogen-bond acceptors (Lipinski definition) is 3. The quantitative estimate of drug-likeness (QED) is 0.454. The molecule has 2 heterocycles. The molecule has 6 heteroatoms. The minimum atomic E-state index is 0.457. The summed E-state index contributed by atoms with van der Waals surface area (Å²) < 4.78 is 7.89. The van der Waals surface area contributed by atoms with E-state index in [0.29, 0.717) is 18.4 Å². The third-order valence-electron chi connectivity index (χ3n) is 5.26. The Morgan fingerprint density at radius 1 is 1.36 bits per heavy atom. The number of para-hydroxylation sites is 1. The molecule has 0 aliphatic carbocycles. The van der Waals surface area contributed by atoms with Gasteiger partial charge in [0, 0.05) is 33.4 Å². The first-order valence-corrected chi connectivity index (χ1v) is 10.2. The van der Waals surface area contributed by atoms with E-state index in [9.17, 15) is 0 Å². The van der Waals surface area contributed by atoms with E-state index < -0.39 is 0 Å². The van der Waals surface area contributed by atoms with Gasteiger partial charge in [-0.15, -0.1) is 0 Å². The second-order valence-corrected chi connectivity index (χ2v) is 7.84. The van der Waals surface area contributed by atoms with Crippen molar-refractivity contribution in [1.82, 2.24) is 20.0 Å². The van der Waals surface area contributed by atoms with E-state index in [1.807, 2.05) is 37.1 Å². The van der Waals surface area contributed by atoms with Crippen LogP contribution in [-0.4, -0.2) is 53.9 Å². The van der Waals surface area contributed by atoms with Crippen LogP contribution in [0, 0.1) is 5.92 Å². The summed E-state index contributed by atoms with van der Waals surface area (Å²) >= 11 is 0. The number of aromatic nitrogens is 2. The molecule has 0 spiro atoms. The third-order valence-corrected chi connectivity index (χ3v) is 5.26. The monoisotopic (exact) mass is 383 g/mol. The smallest absolute Gasteiger partial charge is 0.193 e. The Hall–Kier alpha value is -2.50. The van der Waals surface area contributed by atoms with Gasteiger partial charge >= 0.3 is 0 Å². The number of likely N-dealkylation sites (tertiary alicyclic amines) is 1. The van der Waals surface area contributed by atoms with Gasteiger partial charge in [0.2, 0.25) is 0 Å². The van der Waals surface area contributed by atoms with Crippen molar-refractivity contribution in [3.63, 3.8) is 0 Å². The van der Waals surface area contributed by atoms with E-state index in [0.717, 1.165) is 37.8 Å². The number of ether oxygens (including phenoxy) is 1. The first-order valence-electron chi connectivity index (χ1n) is 10.2. The average Bonchev–Trinajstić information content (AvgIpc) is 3.31. The SMILES string of the molecule is CN=C(NCCOc1ccccc1C(C)C)N1CCC(Cc2cnn(C)c2)C1. The molecule has 0 radical (unpaired) electrons. The number of aliphatic imine (C=N–C) groups is 1. The molecule has 6 nitrogen and oxygen atoms in total. The fourth-order valence-electron chi connectivity index (χ4n) is 3.85. The molecule has 1 atom stereocenters. The Balaban J connectivity index is 1.44. The fourth-order valence-corrected chi connectivity index (χ4v) is 3.85. The molecule has 1 aromatic heterocycles. The van der Waals surface area contributed by atoms with Crippen molar-refractivity contribution in [3.05, 3.63) is 47.8 Å². The predicted octanol–water partition coefficient (Wildman–Crippen LogP) is 3.06. The maximum atomic E-state index is 6.01. The molecule has 0 saturated carbocycles. The summed E-state index contributed by atoms with van der Waals surface area (Å²) in [6.45, 7) is 7.82. The lowest BCUT2D eigenvalue weighted by atomic mass is 10.0. The minimum Gasteiger partial charge on any atom is -0.491 e. The lowest BCUT2D eigenvalue weighted by molar-refractivity contribution is 0.315. The van der Waals surface area contributed by atoms with Crippen molar-refractivity contribution in [2.24, 2.45) is 18.0 Å². The number of guanidine groups is 1. The van der Waals surface area contributed by atoms with Gasteiger partial charge in [0.15, 0.2) is 5.96 Å². The number of aryl methyl sites for hydroxylation is 1. The Labute approximate surface area is 168 Å². The van der Waals surface area contributed by atoms with Crippen LogP contribution in [0.1, 0.15) is 37.3 Å². The highest BCUT2D eigenvalue weighted by molar-refractivity contribution is 5.80. The van der Waals surface area contributed by atoms with Crippen LogP contribution in [0.25, 0.3) is 0 Å². The first kappa shape index (κ1) is 20.2. The maximum Gasteiger partial charge on any atom is 0.193 e. The molecule has 28 heavy (non-hydrogen) atoms. The van der Waals surface area contributed by atoms with Crippen LogP contribution in [-0.2, 0) is 13.5 Å². The number of hydrogen-bond donors (Lipinski definition) is 1. The highest BCUT2D eigenvalue weighted by atomic mass is 16.5. The van der Waals surface area contributed by atoms with Crippen molar-refractivity contribution in [1.29, 1.82) is 0 Å². The molecular weight excluding hydrogens is 350 g/mol. The van der Waals surface area contributed by atoms with Crippen LogP contribution in [0.3, 0.4) is 0 Å². The zero-order chi connectivity index (χ0) is 19.9. The van der Waals surface area contributed by atoms with Gasteiger partial charge in [-0.25, -0.2) is 0 Å². The van der Waals surface area contributed by atoms with Crippen molar-refractivity contribution in [3.8, 4) is 5.75 Å². The molecule has 1 unspecified atom stereocenters. The number of benzene rings is 1. The molecule has 0 amide bonds. The van der Waals surface area contributed by atoms with Crippen LogP contribution >= 0.6 is 0 Å². The first-order chi connectivity index (χ1) is 13.6. The molecule has 3 rings (SSSR count). The summed E-state index contributed by atoms with van der Waals surface area (Å²) in [6.07, 6.45) is 6.36. The summed E-state index contributed by atoms with van der Waals surface area (Å²) in [6, 6.07) is 8.28. The number of nitrogens with zero attached hydrogens (tertiary/aromatic N) is 4.